The van der Waals surface area contributed by atoms with Crippen LogP contribution in [-0.2, 0) is 23.9 Å². The van der Waals surface area contributed by atoms with E-state index < -0.39 is 24.1 Å². The lowest BCUT2D eigenvalue weighted by molar-refractivity contribution is -0.153. The molecule has 1 heterocycles. The molecule has 1 N–H and O–H groups in total. The van der Waals surface area contributed by atoms with Crippen LogP contribution in [0.5, 0.6) is 0 Å². The van der Waals surface area contributed by atoms with Gasteiger partial charge in [-0.25, -0.2) is 4.79 Å². The molecule has 6 nitrogen and oxygen atoms in total. The van der Waals surface area contributed by atoms with Crippen LogP contribution >= 0.6 is 0 Å². The maximum atomic E-state index is 12.2. The Morgan fingerprint density at radius 2 is 2.23 bits per heavy atom. The Labute approximate surface area is 153 Å². The number of esters is 2. The van der Waals surface area contributed by atoms with Gasteiger partial charge in [-0.1, -0.05) is 26.5 Å². The number of carbonyl (C=O) groups is 3. The zero-order valence-corrected chi connectivity index (χ0v) is 15.3. The first-order valence-electron chi connectivity index (χ1n) is 8.89. The van der Waals surface area contributed by atoms with E-state index in [1.807, 2.05) is 13.8 Å². The lowest BCUT2D eigenvalue weighted by Gasteiger charge is -2.27. The van der Waals surface area contributed by atoms with Gasteiger partial charge in [-0.3, -0.25) is 9.59 Å². The van der Waals surface area contributed by atoms with Crippen LogP contribution in [0.15, 0.2) is 35.5 Å². The second kappa shape index (κ2) is 8.94. The molecule has 0 spiro atoms. The molecule has 2 rings (SSSR count). The first-order valence-corrected chi connectivity index (χ1v) is 8.89. The van der Waals surface area contributed by atoms with Crippen molar-refractivity contribution in [3.63, 3.8) is 0 Å². The van der Waals surface area contributed by atoms with Crippen molar-refractivity contribution in [2.75, 3.05) is 6.61 Å². The number of aliphatic hydroxyl groups excluding tert-OH is 1. The quantitative estimate of drug-likeness (QED) is 0.349. The smallest absolute Gasteiger partial charge is 0.334 e. The number of carbonyl (C=O) groups excluding carboxylic acids is 3. The van der Waals surface area contributed by atoms with Gasteiger partial charge in [0.2, 0.25) is 0 Å². The van der Waals surface area contributed by atoms with E-state index in [2.05, 4.69) is 6.58 Å². The second-order valence-corrected chi connectivity index (χ2v) is 7.17. The summed E-state index contributed by atoms with van der Waals surface area (Å²) < 4.78 is 11.0. The van der Waals surface area contributed by atoms with Crippen LogP contribution in [0.25, 0.3) is 0 Å². The number of hydrogen-bond acceptors (Lipinski definition) is 6. The highest BCUT2D eigenvalue weighted by atomic mass is 16.6. The minimum atomic E-state index is -0.726. The molecule has 0 aromatic rings. The first-order chi connectivity index (χ1) is 12.3. The Bertz CT molecular complexity index is 643. The topological polar surface area (TPSA) is 89.9 Å². The molecule has 1 fully saturated rings. The zero-order valence-electron chi connectivity index (χ0n) is 15.3. The molecule has 0 radical (unpaired) electrons. The molecule has 0 amide bonds. The molecule has 1 aliphatic carbocycles. The number of aliphatic hydroxyl groups is 1. The summed E-state index contributed by atoms with van der Waals surface area (Å²) in [5.41, 5.74) is 1.42. The Kier molecular flexibility index (Phi) is 6.91. The zero-order chi connectivity index (χ0) is 19.3. The second-order valence-electron chi connectivity index (χ2n) is 7.17. The van der Waals surface area contributed by atoms with Crippen LogP contribution < -0.4 is 0 Å². The third-order valence-corrected chi connectivity index (χ3v) is 4.58. The first kappa shape index (κ1) is 20.1. The van der Waals surface area contributed by atoms with E-state index in [0.717, 1.165) is 6.29 Å². The van der Waals surface area contributed by atoms with Gasteiger partial charge in [0.15, 0.2) is 0 Å². The average molecular weight is 362 g/mol. The predicted molar refractivity (Wildman–Crippen MR) is 95.0 cm³/mol. The minimum absolute atomic E-state index is 0.129. The lowest BCUT2D eigenvalue weighted by atomic mass is 9.85. The van der Waals surface area contributed by atoms with Gasteiger partial charge in [0, 0.05) is 18.4 Å². The number of allylic oxidation sites excluding steroid dienone is 1. The largest absolute Gasteiger partial charge is 0.461 e. The Morgan fingerprint density at radius 1 is 1.50 bits per heavy atom. The Hall–Kier alpha value is -2.21. The van der Waals surface area contributed by atoms with Crippen LogP contribution in [0.4, 0.5) is 0 Å². The van der Waals surface area contributed by atoms with Crippen LogP contribution in [0.3, 0.4) is 0 Å². The van der Waals surface area contributed by atoms with E-state index in [1.165, 1.54) is 0 Å². The molecular formula is C20H26O6. The fourth-order valence-electron chi connectivity index (χ4n) is 3.28. The summed E-state index contributed by atoms with van der Waals surface area (Å²) in [7, 11) is 0. The van der Waals surface area contributed by atoms with Crippen molar-refractivity contribution in [1.29, 1.82) is 0 Å². The maximum absolute atomic E-state index is 12.2. The van der Waals surface area contributed by atoms with Crippen molar-refractivity contribution in [3.8, 4) is 0 Å². The van der Waals surface area contributed by atoms with Crippen molar-refractivity contribution < 1.29 is 29.0 Å². The van der Waals surface area contributed by atoms with Gasteiger partial charge in [-0.05, 0) is 36.0 Å². The Morgan fingerprint density at radius 3 is 2.85 bits per heavy atom. The highest BCUT2D eigenvalue weighted by Crippen LogP contribution is 2.36. The van der Waals surface area contributed by atoms with E-state index in [1.54, 1.807) is 12.2 Å². The van der Waals surface area contributed by atoms with Crippen LogP contribution in [-0.4, -0.2) is 42.1 Å². The van der Waals surface area contributed by atoms with Crippen molar-refractivity contribution >= 4 is 18.2 Å². The fourth-order valence-corrected chi connectivity index (χ4v) is 3.28. The van der Waals surface area contributed by atoms with Crippen molar-refractivity contribution in [2.45, 2.75) is 51.7 Å². The van der Waals surface area contributed by atoms with E-state index >= 15 is 0 Å². The van der Waals surface area contributed by atoms with Crippen molar-refractivity contribution in [3.05, 3.63) is 35.5 Å². The summed E-state index contributed by atoms with van der Waals surface area (Å²) >= 11 is 0. The monoisotopic (exact) mass is 362 g/mol. The van der Waals surface area contributed by atoms with Crippen LogP contribution in [0.1, 0.15) is 39.5 Å². The predicted octanol–water partition coefficient (Wildman–Crippen LogP) is 2.27. The van der Waals surface area contributed by atoms with Crippen LogP contribution in [0, 0.1) is 11.8 Å². The number of ether oxygens (including phenoxy) is 2. The third-order valence-electron chi connectivity index (χ3n) is 4.58. The van der Waals surface area contributed by atoms with Gasteiger partial charge in [0.25, 0.3) is 0 Å². The molecule has 26 heavy (non-hydrogen) atoms. The minimum Gasteiger partial charge on any atom is -0.461 e. The third kappa shape index (κ3) is 4.91. The summed E-state index contributed by atoms with van der Waals surface area (Å²) in [6.07, 6.45) is 4.40. The lowest BCUT2D eigenvalue weighted by Crippen LogP contribution is -2.34. The van der Waals surface area contributed by atoms with E-state index in [-0.39, 0.29) is 36.9 Å². The molecule has 1 saturated heterocycles. The molecular weight excluding hydrogens is 336 g/mol. The summed E-state index contributed by atoms with van der Waals surface area (Å²) in [4.78, 5) is 35.7. The number of hydrogen-bond donors (Lipinski definition) is 1. The average Bonchev–Trinajstić information content (AvgIpc) is 2.85. The summed E-state index contributed by atoms with van der Waals surface area (Å²) in [5.74, 6) is -1.38. The highest BCUT2D eigenvalue weighted by Gasteiger charge is 2.44. The van der Waals surface area contributed by atoms with E-state index in [9.17, 15) is 19.5 Å². The van der Waals surface area contributed by atoms with Crippen molar-refractivity contribution in [1.82, 2.24) is 0 Å². The SMILES string of the molecule is C=C1C(=O)OC2C=C(CO)CC/C=C(/C=O)CC(OC(=O)CC(C)C)C12. The molecule has 0 aromatic heterocycles. The summed E-state index contributed by atoms with van der Waals surface area (Å²) in [5, 5.41) is 9.55. The molecule has 3 atom stereocenters. The fraction of sp³-hybridized carbons (Fsp3) is 0.550. The van der Waals surface area contributed by atoms with Crippen molar-refractivity contribution in [2.24, 2.45) is 11.8 Å². The molecule has 0 aromatic carbocycles. The molecule has 142 valence electrons. The molecule has 6 heteroatoms. The number of fused-ring (bicyclic) bond motifs is 1. The van der Waals surface area contributed by atoms with Gasteiger partial charge in [0.05, 0.1) is 12.5 Å². The summed E-state index contributed by atoms with van der Waals surface area (Å²) in [6.45, 7) is 7.45. The molecule has 3 unspecified atom stereocenters. The highest BCUT2D eigenvalue weighted by molar-refractivity contribution is 5.91. The molecule has 2 aliphatic rings. The molecule has 0 saturated carbocycles. The van der Waals surface area contributed by atoms with Gasteiger partial charge < -0.3 is 14.6 Å². The van der Waals surface area contributed by atoms with E-state index in [0.29, 0.717) is 24.0 Å². The van der Waals surface area contributed by atoms with Gasteiger partial charge >= 0.3 is 11.9 Å². The summed E-state index contributed by atoms with van der Waals surface area (Å²) in [6, 6.07) is 0. The van der Waals surface area contributed by atoms with Gasteiger partial charge in [-0.15, -0.1) is 0 Å². The Balaban J connectivity index is 2.38. The number of aldehydes is 1. The van der Waals surface area contributed by atoms with E-state index in [4.69, 9.17) is 9.47 Å². The van der Waals surface area contributed by atoms with Gasteiger partial charge in [0.1, 0.15) is 18.5 Å². The van der Waals surface area contributed by atoms with Crippen LogP contribution in [0.2, 0.25) is 0 Å². The normalized spacial score (nSPS) is 28.5. The van der Waals surface area contributed by atoms with Gasteiger partial charge in [-0.2, -0.15) is 0 Å². The molecule has 1 aliphatic heterocycles. The molecule has 0 bridgehead atoms. The standard InChI is InChI=1S/C20H26O6/c1-12(2)7-18(23)25-16-8-14(10-21)5-4-6-15(11-22)9-17-19(16)13(3)20(24)26-17/h5,9-10,12,16-17,19,22H,3-4,6-8,11H2,1-2H3/b14-5+,15-9?. The number of rotatable bonds is 5. The maximum Gasteiger partial charge on any atom is 0.334 e.